The van der Waals surface area contributed by atoms with Gasteiger partial charge in [-0.15, -0.1) is 0 Å². The maximum absolute atomic E-state index is 13.2. The number of benzene rings is 3. The Kier molecular flexibility index (Phi) is 6.68. The number of halogens is 1. The predicted molar refractivity (Wildman–Crippen MR) is 132 cm³/mol. The van der Waals surface area contributed by atoms with Crippen molar-refractivity contribution < 1.29 is 0 Å². The molecule has 4 nitrogen and oxygen atoms in total. The Balaban J connectivity index is 1.67. The van der Waals surface area contributed by atoms with Gasteiger partial charge in [0.2, 0.25) is 0 Å². The SMILES string of the molecule is CC[C@H](C)c1nc2ccc(Br)cc2c(=O)n1N=Cc1ccc(Sc2ccccc2)cc1. The highest BCUT2D eigenvalue weighted by atomic mass is 79.9. The number of aromatic nitrogens is 2. The molecule has 1 aromatic heterocycles. The summed E-state index contributed by atoms with van der Waals surface area (Å²) >= 11 is 5.15. The fourth-order valence-corrected chi connectivity index (χ4v) is 4.35. The zero-order chi connectivity index (χ0) is 21.8. The lowest BCUT2D eigenvalue weighted by Gasteiger charge is -2.14. The summed E-state index contributed by atoms with van der Waals surface area (Å²) in [5, 5.41) is 5.08. The van der Waals surface area contributed by atoms with E-state index in [-0.39, 0.29) is 11.5 Å². The van der Waals surface area contributed by atoms with Crippen molar-refractivity contribution in [2.45, 2.75) is 36.0 Å². The molecule has 0 N–H and O–H groups in total. The Morgan fingerprint density at radius 1 is 1.06 bits per heavy atom. The van der Waals surface area contributed by atoms with Crippen molar-refractivity contribution in [2.24, 2.45) is 5.10 Å². The number of fused-ring (bicyclic) bond motifs is 1. The predicted octanol–water partition coefficient (Wildman–Crippen LogP) is 6.71. The van der Waals surface area contributed by atoms with E-state index in [0.717, 1.165) is 21.4 Å². The van der Waals surface area contributed by atoms with Gasteiger partial charge in [0.1, 0.15) is 5.82 Å². The van der Waals surface area contributed by atoms with E-state index in [0.29, 0.717) is 16.7 Å². The van der Waals surface area contributed by atoms with Crippen LogP contribution in [0.15, 0.2) is 97.0 Å². The van der Waals surface area contributed by atoms with Crippen LogP contribution in [0.25, 0.3) is 10.9 Å². The van der Waals surface area contributed by atoms with E-state index in [1.54, 1.807) is 24.0 Å². The van der Waals surface area contributed by atoms with Crippen LogP contribution in [0.1, 0.15) is 37.6 Å². The van der Waals surface area contributed by atoms with Crippen molar-refractivity contribution in [2.75, 3.05) is 0 Å². The van der Waals surface area contributed by atoms with Crippen LogP contribution in [0.2, 0.25) is 0 Å². The summed E-state index contributed by atoms with van der Waals surface area (Å²) in [6, 6.07) is 24.0. The topological polar surface area (TPSA) is 47.2 Å². The Morgan fingerprint density at radius 3 is 2.48 bits per heavy atom. The van der Waals surface area contributed by atoms with E-state index in [2.05, 4.69) is 59.1 Å². The molecule has 0 aliphatic carbocycles. The summed E-state index contributed by atoms with van der Waals surface area (Å²) in [5.74, 6) is 0.789. The molecule has 4 aromatic rings. The molecule has 1 atom stereocenters. The van der Waals surface area contributed by atoms with Gasteiger partial charge in [0.05, 0.1) is 17.1 Å². The van der Waals surface area contributed by atoms with Crippen molar-refractivity contribution in [1.82, 2.24) is 9.66 Å². The minimum atomic E-state index is -0.158. The van der Waals surface area contributed by atoms with Crippen LogP contribution in [0, 0.1) is 0 Å². The molecule has 6 heteroatoms. The molecule has 4 rings (SSSR count). The molecule has 0 radical (unpaired) electrons. The molecule has 3 aromatic carbocycles. The van der Waals surface area contributed by atoms with E-state index < -0.39 is 0 Å². The maximum Gasteiger partial charge on any atom is 0.282 e. The second-order valence-corrected chi connectivity index (χ2v) is 9.35. The third kappa shape index (κ3) is 4.97. The smallest absolute Gasteiger partial charge is 0.267 e. The summed E-state index contributed by atoms with van der Waals surface area (Å²) in [4.78, 5) is 20.3. The summed E-state index contributed by atoms with van der Waals surface area (Å²) in [6.07, 6.45) is 2.59. The third-order valence-corrected chi connectivity index (χ3v) is 6.58. The first-order valence-corrected chi connectivity index (χ1v) is 11.8. The van der Waals surface area contributed by atoms with Crippen LogP contribution in [-0.2, 0) is 0 Å². The number of rotatable bonds is 6. The third-order valence-electron chi connectivity index (χ3n) is 5.07. The zero-order valence-electron chi connectivity index (χ0n) is 17.3. The molecule has 0 amide bonds. The molecule has 0 bridgehead atoms. The minimum absolute atomic E-state index is 0.113. The van der Waals surface area contributed by atoms with Crippen LogP contribution in [0.5, 0.6) is 0 Å². The highest BCUT2D eigenvalue weighted by Crippen LogP contribution is 2.27. The second-order valence-electron chi connectivity index (χ2n) is 7.29. The summed E-state index contributed by atoms with van der Waals surface area (Å²) in [5.41, 5.74) is 1.46. The van der Waals surface area contributed by atoms with Gasteiger partial charge in [-0.25, -0.2) is 4.98 Å². The van der Waals surface area contributed by atoms with Crippen LogP contribution in [0.3, 0.4) is 0 Å². The number of hydrogen-bond donors (Lipinski definition) is 0. The molecule has 0 saturated carbocycles. The van der Waals surface area contributed by atoms with Gasteiger partial charge in [0.15, 0.2) is 0 Å². The molecule has 1 heterocycles. The van der Waals surface area contributed by atoms with Gasteiger partial charge in [-0.05, 0) is 54.4 Å². The average Bonchev–Trinajstić information content (AvgIpc) is 2.80. The summed E-state index contributed by atoms with van der Waals surface area (Å²) < 4.78 is 2.28. The normalized spacial score (nSPS) is 12.5. The van der Waals surface area contributed by atoms with E-state index in [1.165, 1.54) is 9.57 Å². The Labute approximate surface area is 194 Å². The maximum atomic E-state index is 13.2. The largest absolute Gasteiger partial charge is 0.282 e. The lowest BCUT2D eigenvalue weighted by atomic mass is 10.1. The van der Waals surface area contributed by atoms with E-state index >= 15 is 0 Å². The molecule has 0 aliphatic heterocycles. The quantitative estimate of drug-likeness (QED) is 0.281. The van der Waals surface area contributed by atoms with Crippen LogP contribution in [-0.4, -0.2) is 15.9 Å². The van der Waals surface area contributed by atoms with Gasteiger partial charge in [0, 0.05) is 20.2 Å². The van der Waals surface area contributed by atoms with Gasteiger partial charge in [-0.3, -0.25) is 4.79 Å². The lowest BCUT2D eigenvalue weighted by molar-refractivity contribution is 0.613. The average molecular weight is 492 g/mol. The molecule has 31 heavy (non-hydrogen) atoms. The van der Waals surface area contributed by atoms with Gasteiger partial charge in [-0.1, -0.05) is 71.9 Å². The van der Waals surface area contributed by atoms with E-state index in [1.807, 2.05) is 42.5 Å². The van der Waals surface area contributed by atoms with Gasteiger partial charge in [-0.2, -0.15) is 9.78 Å². The molecular formula is C25H22BrN3OS. The number of nitrogens with zero attached hydrogens (tertiary/aromatic N) is 3. The first-order chi connectivity index (χ1) is 15.0. The number of hydrogen-bond acceptors (Lipinski definition) is 4. The Hall–Kier alpha value is -2.70. The fraction of sp³-hybridized carbons (Fsp3) is 0.160. The van der Waals surface area contributed by atoms with Crippen LogP contribution >= 0.6 is 27.7 Å². The van der Waals surface area contributed by atoms with Crippen molar-refractivity contribution in [3.05, 3.63) is 99.0 Å². The fourth-order valence-electron chi connectivity index (χ4n) is 3.15. The Morgan fingerprint density at radius 2 is 1.77 bits per heavy atom. The molecular weight excluding hydrogens is 470 g/mol. The molecule has 0 aliphatic rings. The Bertz CT molecular complexity index is 1280. The van der Waals surface area contributed by atoms with Crippen molar-refractivity contribution in [3.8, 4) is 0 Å². The highest BCUT2D eigenvalue weighted by Gasteiger charge is 2.15. The molecule has 0 saturated heterocycles. The molecule has 0 unspecified atom stereocenters. The summed E-state index contributed by atoms with van der Waals surface area (Å²) in [6.45, 7) is 4.15. The minimum Gasteiger partial charge on any atom is -0.267 e. The summed E-state index contributed by atoms with van der Waals surface area (Å²) in [7, 11) is 0. The van der Waals surface area contributed by atoms with Crippen molar-refractivity contribution in [1.29, 1.82) is 0 Å². The molecule has 0 spiro atoms. The van der Waals surface area contributed by atoms with Gasteiger partial charge in [0.25, 0.3) is 5.56 Å². The zero-order valence-corrected chi connectivity index (χ0v) is 19.7. The standard InChI is InChI=1S/C25H22BrN3OS/c1-3-17(2)24-28-23-14-11-19(26)15-22(23)25(30)29(24)27-16-18-9-12-21(13-10-18)31-20-7-5-4-6-8-20/h4-17H,3H2,1-2H3/t17-/m0/s1. The monoisotopic (exact) mass is 491 g/mol. The van der Waals surface area contributed by atoms with E-state index in [4.69, 9.17) is 4.98 Å². The van der Waals surface area contributed by atoms with Crippen LogP contribution in [0.4, 0.5) is 0 Å². The van der Waals surface area contributed by atoms with Gasteiger partial charge >= 0.3 is 0 Å². The molecule has 156 valence electrons. The van der Waals surface area contributed by atoms with Crippen molar-refractivity contribution >= 4 is 44.8 Å². The highest BCUT2D eigenvalue weighted by molar-refractivity contribution is 9.10. The second kappa shape index (κ2) is 9.62. The van der Waals surface area contributed by atoms with E-state index in [9.17, 15) is 4.79 Å². The van der Waals surface area contributed by atoms with Gasteiger partial charge < -0.3 is 0 Å². The first-order valence-electron chi connectivity index (χ1n) is 10.1. The molecule has 0 fully saturated rings. The van der Waals surface area contributed by atoms with Crippen molar-refractivity contribution in [3.63, 3.8) is 0 Å². The lowest BCUT2D eigenvalue weighted by Crippen LogP contribution is -2.23. The van der Waals surface area contributed by atoms with Crippen LogP contribution < -0.4 is 5.56 Å². The first kappa shape index (κ1) is 21.5.